The van der Waals surface area contributed by atoms with E-state index in [1.165, 1.54) is 22.8 Å². The number of aryl methyl sites for hydroxylation is 1. The molecule has 96 valence electrons. The van der Waals surface area contributed by atoms with Crippen molar-refractivity contribution in [1.29, 1.82) is 0 Å². The van der Waals surface area contributed by atoms with E-state index in [9.17, 15) is 4.79 Å². The lowest BCUT2D eigenvalue weighted by atomic mass is 10.3. The molecule has 0 radical (unpaired) electrons. The van der Waals surface area contributed by atoms with Crippen LogP contribution in [0.3, 0.4) is 0 Å². The molecule has 0 aliphatic carbocycles. The monoisotopic (exact) mass is 268 g/mol. The van der Waals surface area contributed by atoms with Crippen LogP contribution >= 0.6 is 11.8 Å². The van der Waals surface area contributed by atoms with Gasteiger partial charge < -0.3 is 10.3 Å². The fourth-order valence-electron chi connectivity index (χ4n) is 1.32. The Morgan fingerprint density at radius 1 is 1.67 bits per heavy atom. The highest BCUT2D eigenvalue weighted by atomic mass is 32.2. The highest BCUT2D eigenvalue weighted by Crippen LogP contribution is 2.24. The number of thioether (sulfide) groups is 1. The summed E-state index contributed by atoms with van der Waals surface area (Å²) in [5, 5.41) is 8.09. The quantitative estimate of drug-likeness (QED) is 0.303. The molecule has 0 spiro atoms. The number of aromatic nitrogens is 3. The zero-order valence-electron chi connectivity index (χ0n) is 9.58. The second-order valence-corrected chi connectivity index (χ2v) is 4.42. The molecule has 0 bridgehead atoms. The molecule has 0 saturated carbocycles. The molecule has 2 heterocycles. The van der Waals surface area contributed by atoms with Crippen molar-refractivity contribution in [1.82, 2.24) is 20.3 Å². The molecule has 2 aromatic rings. The van der Waals surface area contributed by atoms with Gasteiger partial charge in [-0.1, -0.05) is 11.8 Å². The number of carbonyl (C=O) groups is 1. The number of nitrogens with one attached hydrogen (secondary N) is 1. The minimum absolute atomic E-state index is 0.180. The second kappa shape index (κ2) is 5.10. The van der Waals surface area contributed by atoms with Crippen LogP contribution in [0.5, 0.6) is 0 Å². The number of carbonyl (C=O) groups excluding carboxylic acids is 1. The van der Waals surface area contributed by atoms with Crippen molar-refractivity contribution in [3.63, 3.8) is 0 Å². The maximum Gasteiger partial charge on any atom is 0.300 e. The number of furan rings is 1. The summed E-state index contributed by atoms with van der Waals surface area (Å²) in [6.45, 7) is 1.77. The van der Waals surface area contributed by atoms with Crippen LogP contribution in [0.1, 0.15) is 21.9 Å². The third-order valence-electron chi connectivity index (χ3n) is 2.27. The standard InChI is InChI=1S/C9H12N6O2S/c1-5-6(2-7(17-5)8(16)13-10)3-18-9-14-12-4-15(9)11/h2,4H,3,10-11H2,1H3,(H,13,16). The van der Waals surface area contributed by atoms with E-state index < -0.39 is 5.91 Å². The molecule has 0 aromatic carbocycles. The van der Waals surface area contributed by atoms with E-state index in [1.807, 2.05) is 5.43 Å². The Labute approximate surface area is 107 Å². The summed E-state index contributed by atoms with van der Waals surface area (Å²) in [4.78, 5) is 11.3. The highest BCUT2D eigenvalue weighted by molar-refractivity contribution is 7.98. The number of rotatable bonds is 4. The summed E-state index contributed by atoms with van der Waals surface area (Å²) in [5.41, 5.74) is 2.89. The Morgan fingerprint density at radius 3 is 3.06 bits per heavy atom. The molecule has 0 saturated heterocycles. The maximum atomic E-state index is 11.3. The summed E-state index contributed by atoms with van der Waals surface area (Å²) in [7, 11) is 0. The van der Waals surface area contributed by atoms with Gasteiger partial charge in [0.05, 0.1) is 0 Å². The SMILES string of the molecule is Cc1oc(C(=O)NN)cc1CSc1nncn1N. The molecule has 18 heavy (non-hydrogen) atoms. The van der Waals surface area contributed by atoms with Crippen LogP contribution < -0.4 is 17.1 Å². The van der Waals surface area contributed by atoms with Crippen LogP contribution in [-0.4, -0.2) is 20.8 Å². The molecule has 2 aromatic heterocycles. The number of hydrazine groups is 1. The first-order valence-electron chi connectivity index (χ1n) is 5.00. The van der Waals surface area contributed by atoms with Gasteiger partial charge in [0.25, 0.3) is 0 Å². The molecule has 0 atom stereocenters. The summed E-state index contributed by atoms with van der Waals surface area (Å²) in [6.07, 6.45) is 1.41. The zero-order chi connectivity index (χ0) is 13.1. The fourth-order valence-corrected chi connectivity index (χ4v) is 2.20. The lowest BCUT2D eigenvalue weighted by Crippen LogP contribution is -2.29. The molecule has 0 aliphatic heterocycles. The predicted molar refractivity (Wildman–Crippen MR) is 64.8 cm³/mol. The molecule has 0 aliphatic rings. The molecule has 8 nitrogen and oxygen atoms in total. The molecular weight excluding hydrogens is 256 g/mol. The molecular formula is C9H12N6O2S. The Hall–Kier alpha value is -2.00. The lowest BCUT2D eigenvalue weighted by Gasteiger charge is -1.98. The first-order valence-corrected chi connectivity index (χ1v) is 5.98. The van der Waals surface area contributed by atoms with Crippen molar-refractivity contribution < 1.29 is 9.21 Å². The smallest absolute Gasteiger partial charge is 0.300 e. The van der Waals surface area contributed by atoms with E-state index in [-0.39, 0.29) is 5.76 Å². The van der Waals surface area contributed by atoms with Crippen LogP contribution in [0.15, 0.2) is 22.0 Å². The number of nitrogens with zero attached hydrogens (tertiary/aromatic N) is 3. The van der Waals surface area contributed by atoms with E-state index in [0.717, 1.165) is 5.56 Å². The summed E-state index contributed by atoms with van der Waals surface area (Å²) < 4.78 is 6.61. The van der Waals surface area contributed by atoms with Crippen molar-refractivity contribution in [2.24, 2.45) is 5.84 Å². The average molecular weight is 268 g/mol. The molecule has 9 heteroatoms. The van der Waals surface area contributed by atoms with Gasteiger partial charge in [0.15, 0.2) is 5.76 Å². The van der Waals surface area contributed by atoms with Gasteiger partial charge in [-0.05, 0) is 13.0 Å². The summed E-state index contributed by atoms with van der Waals surface area (Å²) in [6, 6.07) is 1.64. The maximum absolute atomic E-state index is 11.3. The van der Waals surface area contributed by atoms with Crippen LogP contribution in [0.4, 0.5) is 0 Å². The third-order valence-corrected chi connectivity index (χ3v) is 3.28. The number of hydrogen-bond donors (Lipinski definition) is 3. The van der Waals surface area contributed by atoms with E-state index >= 15 is 0 Å². The summed E-state index contributed by atoms with van der Waals surface area (Å²) >= 11 is 1.40. The molecule has 5 N–H and O–H groups in total. The number of hydrogen-bond acceptors (Lipinski definition) is 7. The molecule has 0 unspecified atom stereocenters. The zero-order valence-corrected chi connectivity index (χ0v) is 10.4. The lowest BCUT2D eigenvalue weighted by molar-refractivity contribution is 0.0924. The van der Waals surface area contributed by atoms with Crippen molar-refractivity contribution in [2.45, 2.75) is 17.8 Å². The number of nitrogen functional groups attached to an aromatic ring is 2. The second-order valence-electron chi connectivity index (χ2n) is 3.47. The fraction of sp³-hybridized carbons (Fsp3) is 0.222. The van der Waals surface area contributed by atoms with Gasteiger partial charge in [-0.3, -0.25) is 10.2 Å². The number of nitrogens with two attached hydrogens (primary N) is 2. The summed E-state index contributed by atoms with van der Waals surface area (Å²) in [5.74, 6) is 11.6. The van der Waals surface area contributed by atoms with Gasteiger partial charge in [-0.15, -0.1) is 10.2 Å². The van der Waals surface area contributed by atoms with Gasteiger partial charge >= 0.3 is 5.91 Å². The Bertz CT molecular complexity index is 563. The van der Waals surface area contributed by atoms with E-state index in [0.29, 0.717) is 16.7 Å². The largest absolute Gasteiger partial charge is 0.456 e. The van der Waals surface area contributed by atoms with Gasteiger partial charge in [0.2, 0.25) is 5.16 Å². The van der Waals surface area contributed by atoms with Crippen molar-refractivity contribution >= 4 is 17.7 Å². The first-order chi connectivity index (χ1) is 8.61. The minimum atomic E-state index is -0.462. The van der Waals surface area contributed by atoms with Crippen LogP contribution in [0.25, 0.3) is 0 Å². The van der Waals surface area contributed by atoms with Gasteiger partial charge in [0.1, 0.15) is 12.1 Å². The molecule has 2 rings (SSSR count). The Balaban J connectivity index is 2.08. The van der Waals surface area contributed by atoms with Crippen LogP contribution in [0, 0.1) is 6.92 Å². The predicted octanol–water partition coefficient (Wildman–Crippen LogP) is -0.211. The van der Waals surface area contributed by atoms with Crippen molar-refractivity contribution in [3.05, 3.63) is 29.5 Å². The normalized spacial score (nSPS) is 10.6. The van der Waals surface area contributed by atoms with Crippen molar-refractivity contribution in [2.75, 3.05) is 5.84 Å². The van der Waals surface area contributed by atoms with Crippen LogP contribution in [-0.2, 0) is 5.75 Å². The first kappa shape index (κ1) is 12.5. The highest BCUT2D eigenvalue weighted by Gasteiger charge is 2.14. The van der Waals surface area contributed by atoms with Crippen LogP contribution in [0.2, 0.25) is 0 Å². The minimum Gasteiger partial charge on any atom is -0.456 e. The molecule has 0 fully saturated rings. The van der Waals surface area contributed by atoms with Gasteiger partial charge in [0, 0.05) is 11.3 Å². The Morgan fingerprint density at radius 2 is 2.44 bits per heavy atom. The van der Waals surface area contributed by atoms with E-state index in [2.05, 4.69) is 10.2 Å². The van der Waals surface area contributed by atoms with Gasteiger partial charge in [-0.25, -0.2) is 10.5 Å². The molecule has 1 amide bonds. The Kier molecular flexibility index (Phi) is 3.53. The third kappa shape index (κ3) is 2.46. The topological polar surface area (TPSA) is 125 Å². The van der Waals surface area contributed by atoms with E-state index in [4.69, 9.17) is 16.1 Å². The number of amides is 1. The van der Waals surface area contributed by atoms with Gasteiger partial charge in [-0.2, -0.15) is 0 Å². The average Bonchev–Trinajstić information content (AvgIpc) is 2.92. The van der Waals surface area contributed by atoms with Crippen molar-refractivity contribution in [3.8, 4) is 0 Å². The van der Waals surface area contributed by atoms with E-state index in [1.54, 1.807) is 13.0 Å².